The molecule has 0 bridgehead atoms. The van der Waals surface area contributed by atoms with Gasteiger partial charge < -0.3 is 9.47 Å². The topological polar surface area (TPSA) is 94.1 Å². The van der Waals surface area contributed by atoms with Gasteiger partial charge >= 0.3 is 5.97 Å². The fourth-order valence-corrected chi connectivity index (χ4v) is 3.75. The number of halogens is 1. The van der Waals surface area contributed by atoms with Crippen molar-refractivity contribution in [2.45, 2.75) is 11.8 Å². The van der Waals surface area contributed by atoms with Crippen LogP contribution in [0.25, 0.3) is 0 Å². The summed E-state index contributed by atoms with van der Waals surface area (Å²) in [5.74, 6) is -0.00887. The summed E-state index contributed by atoms with van der Waals surface area (Å²) in [6.45, 7) is 1.87. The molecule has 0 unspecified atom stereocenters. The van der Waals surface area contributed by atoms with Crippen molar-refractivity contribution in [2.75, 3.05) is 7.11 Å². The van der Waals surface area contributed by atoms with Crippen LogP contribution in [0.4, 0.5) is 0 Å². The Kier molecular flexibility index (Phi) is 7.09. The molecule has 0 aliphatic heterocycles. The smallest absolute Gasteiger partial charge is 0.343 e. The molecule has 0 aliphatic rings. The molecule has 0 saturated heterocycles. The molecule has 0 amide bonds. The molecule has 3 aromatic carbocycles. The van der Waals surface area contributed by atoms with Crippen molar-refractivity contribution in [1.82, 2.24) is 4.83 Å². The Bertz CT molecular complexity index is 1220. The second-order valence-corrected chi connectivity index (χ2v) is 9.05. The molecule has 0 aliphatic carbocycles. The zero-order valence-electron chi connectivity index (χ0n) is 16.7. The van der Waals surface area contributed by atoms with E-state index in [2.05, 4.69) is 25.9 Å². The van der Waals surface area contributed by atoms with Crippen molar-refractivity contribution >= 4 is 38.1 Å². The Morgan fingerprint density at radius 2 is 1.77 bits per heavy atom. The first-order valence-corrected chi connectivity index (χ1v) is 11.3. The quantitative estimate of drug-likeness (QED) is 0.225. The molecule has 31 heavy (non-hydrogen) atoms. The summed E-state index contributed by atoms with van der Waals surface area (Å²) < 4.78 is 36.0. The molecule has 9 heteroatoms. The van der Waals surface area contributed by atoms with Gasteiger partial charge in [0.15, 0.2) is 11.5 Å². The number of methoxy groups -OCH3 is 1. The lowest BCUT2D eigenvalue weighted by atomic mass is 10.2. The minimum Gasteiger partial charge on any atom is -0.493 e. The van der Waals surface area contributed by atoms with Gasteiger partial charge in [0.1, 0.15) is 0 Å². The average molecular weight is 503 g/mol. The van der Waals surface area contributed by atoms with Crippen LogP contribution >= 0.6 is 15.9 Å². The standard InChI is InChI=1S/C22H19BrN2O5S/c1-15-6-9-19(10-7-15)31(27,28)25-24-14-16-8-11-20(21(12-16)29-2)30-22(26)17-4-3-5-18(23)13-17/h3-14,25H,1-2H3/b24-14-. The van der Waals surface area contributed by atoms with Gasteiger partial charge in [0.2, 0.25) is 0 Å². The van der Waals surface area contributed by atoms with Crippen molar-refractivity contribution in [3.8, 4) is 11.5 Å². The molecule has 0 radical (unpaired) electrons. The lowest BCUT2D eigenvalue weighted by molar-refractivity contribution is 0.0729. The van der Waals surface area contributed by atoms with Gasteiger partial charge in [0.05, 0.1) is 23.8 Å². The second-order valence-electron chi connectivity index (χ2n) is 6.48. The Morgan fingerprint density at radius 3 is 2.45 bits per heavy atom. The van der Waals surface area contributed by atoms with E-state index in [1.807, 2.05) is 6.92 Å². The molecular weight excluding hydrogens is 484 g/mol. The number of hydrogen-bond donors (Lipinski definition) is 1. The highest BCUT2D eigenvalue weighted by Gasteiger charge is 2.14. The highest BCUT2D eigenvalue weighted by molar-refractivity contribution is 9.10. The van der Waals surface area contributed by atoms with Crippen molar-refractivity contribution in [3.63, 3.8) is 0 Å². The summed E-state index contributed by atoms with van der Waals surface area (Å²) in [4.78, 5) is 14.6. The molecule has 160 valence electrons. The van der Waals surface area contributed by atoms with Crippen LogP contribution in [-0.4, -0.2) is 27.7 Å². The molecule has 0 spiro atoms. The van der Waals surface area contributed by atoms with Crippen molar-refractivity contribution in [3.05, 3.63) is 87.9 Å². The molecule has 7 nitrogen and oxygen atoms in total. The molecular formula is C22H19BrN2O5S. The van der Waals surface area contributed by atoms with Gasteiger partial charge in [-0.1, -0.05) is 39.7 Å². The molecule has 0 aromatic heterocycles. The van der Waals surface area contributed by atoms with Crippen LogP contribution < -0.4 is 14.3 Å². The maximum absolute atomic E-state index is 12.4. The summed E-state index contributed by atoms with van der Waals surface area (Å²) in [5, 5.41) is 3.80. The first-order chi connectivity index (χ1) is 14.8. The van der Waals surface area contributed by atoms with Gasteiger partial charge in [0.25, 0.3) is 10.0 Å². The van der Waals surface area contributed by atoms with Gasteiger partial charge in [-0.05, 0) is 61.0 Å². The first-order valence-electron chi connectivity index (χ1n) is 9.06. The number of rotatable bonds is 7. The number of nitrogens with one attached hydrogen (secondary N) is 1. The van der Waals surface area contributed by atoms with Crippen LogP contribution in [0.15, 0.2) is 81.2 Å². The zero-order chi connectivity index (χ0) is 22.4. The van der Waals surface area contributed by atoms with Gasteiger partial charge in [0, 0.05) is 4.47 Å². The SMILES string of the molecule is COc1cc(/C=N\NS(=O)(=O)c2ccc(C)cc2)ccc1OC(=O)c1cccc(Br)c1. The van der Waals surface area contributed by atoms with Crippen LogP contribution in [0.1, 0.15) is 21.5 Å². The fourth-order valence-electron chi connectivity index (χ4n) is 2.56. The number of ether oxygens (including phenoxy) is 2. The number of carbonyl (C=O) groups is 1. The number of hydrogen-bond acceptors (Lipinski definition) is 6. The van der Waals surface area contributed by atoms with E-state index < -0.39 is 16.0 Å². The predicted octanol–water partition coefficient (Wildman–Crippen LogP) is 4.30. The third kappa shape index (κ3) is 5.93. The number of hydrazone groups is 1. The highest BCUT2D eigenvalue weighted by Crippen LogP contribution is 2.28. The largest absolute Gasteiger partial charge is 0.493 e. The number of benzene rings is 3. The third-order valence-electron chi connectivity index (χ3n) is 4.17. The zero-order valence-corrected chi connectivity index (χ0v) is 19.1. The minimum atomic E-state index is -3.77. The monoisotopic (exact) mass is 502 g/mol. The summed E-state index contributed by atoms with van der Waals surface area (Å²) in [7, 11) is -2.34. The lowest BCUT2D eigenvalue weighted by Gasteiger charge is -2.10. The Hall–Kier alpha value is -3.17. The number of aryl methyl sites for hydroxylation is 1. The summed E-state index contributed by atoms with van der Waals surface area (Å²) in [6.07, 6.45) is 1.33. The molecule has 0 fully saturated rings. The molecule has 3 rings (SSSR count). The van der Waals surface area contributed by atoms with Gasteiger partial charge in [-0.2, -0.15) is 13.5 Å². The molecule has 0 saturated carbocycles. The third-order valence-corrected chi connectivity index (χ3v) is 5.90. The number of esters is 1. The Labute approximate surface area is 188 Å². The Balaban J connectivity index is 1.72. The molecule has 0 heterocycles. The summed E-state index contributed by atoms with van der Waals surface area (Å²) in [6, 6.07) is 18.0. The molecule has 1 N–H and O–H groups in total. The number of sulfonamides is 1. The maximum Gasteiger partial charge on any atom is 0.343 e. The van der Waals surface area contributed by atoms with E-state index in [9.17, 15) is 13.2 Å². The highest BCUT2D eigenvalue weighted by atomic mass is 79.9. The van der Waals surface area contributed by atoms with E-state index in [0.717, 1.165) is 10.0 Å². The van der Waals surface area contributed by atoms with Gasteiger partial charge in [-0.15, -0.1) is 0 Å². The van der Waals surface area contributed by atoms with Crippen LogP contribution in [0.2, 0.25) is 0 Å². The van der Waals surface area contributed by atoms with E-state index in [-0.39, 0.29) is 10.6 Å². The molecule has 3 aromatic rings. The summed E-state index contributed by atoms with van der Waals surface area (Å²) in [5.41, 5.74) is 1.88. The van der Waals surface area contributed by atoms with Crippen LogP contribution in [0, 0.1) is 6.92 Å². The predicted molar refractivity (Wildman–Crippen MR) is 121 cm³/mol. The van der Waals surface area contributed by atoms with Crippen molar-refractivity contribution in [2.24, 2.45) is 5.10 Å². The normalized spacial score (nSPS) is 11.3. The van der Waals surface area contributed by atoms with Crippen LogP contribution in [-0.2, 0) is 10.0 Å². The van der Waals surface area contributed by atoms with Gasteiger partial charge in [-0.3, -0.25) is 0 Å². The average Bonchev–Trinajstić information content (AvgIpc) is 2.74. The van der Waals surface area contributed by atoms with E-state index in [1.165, 1.54) is 25.5 Å². The number of nitrogens with zero attached hydrogens (tertiary/aromatic N) is 1. The Morgan fingerprint density at radius 1 is 1.03 bits per heavy atom. The van der Waals surface area contributed by atoms with Crippen LogP contribution in [0.5, 0.6) is 11.5 Å². The van der Waals surface area contributed by atoms with Gasteiger partial charge in [-0.25, -0.2) is 9.63 Å². The fraction of sp³-hybridized carbons (Fsp3) is 0.0909. The van der Waals surface area contributed by atoms with E-state index in [1.54, 1.807) is 54.6 Å². The minimum absolute atomic E-state index is 0.114. The first kappa shape index (κ1) is 22.5. The lowest BCUT2D eigenvalue weighted by Crippen LogP contribution is -2.18. The maximum atomic E-state index is 12.4. The molecule has 0 atom stereocenters. The van der Waals surface area contributed by atoms with Crippen LogP contribution in [0.3, 0.4) is 0 Å². The van der Waals surface area contributed by atoms with E-state index in [4.69, 9.17) is 9.47 Å². The summed E-state index contributed by atoms with van der Waals surface area (Å²) >= 11 is 3.31. The van der Waals surface area contributed by atoms with E-state index >= 15 is 0 Å². The van der Waals surface area contributed by atoms with E-state index in [0.29, 0.717) is 16.9 Å². The number of carbonyl (C=O) groups excluding carboxylic acids is 1. The van der Waals surface area contributed by atoms with Crippen molar-refractivity contribution < 1.29 is 22.7 Å². The van der Waals surface area contributed by atoms with Crippen molar-refractivity contribution in [1.29, 1.82) is 0 Å². The second kappa shape index (κ2) is 9.76.